The zero-order valence-electron chi connectivity index (χ0n) is 5.45. The van der Waals surface area contributed by atoms with E-state index < -0.39 is 0 Å². The normalized spacial score (nSPS) is 10.2. The van der Waals surface area contributed by atoms with Crippen LogP contribution in [0.3, 0.4) is 0 Å². The van der Waals surface area contributed by atoms with Gasteiger partial charge < -0.3 is 0 Å². The summed E-state index contributed by atoms with van der Waals surface area (Å²) in [5.41, 5.74) is 1.21. The number of alkyl halides is 2. The van der Waals surface area contributed by atoms with Crippen molar-refractivity contribution in [2.75, 3.05) is 0 Å². The first-order valence-corrected chi connectivity index (χ1v) is 4.94. The molecule has 2 radical (unpaired) electrons. The van der Waals surface area contributed by atoms with Gasteiger partial charge in [-0.15, -0.1) is 29.8 Å². The van der Waals surface area contributed by atoms with Gasteiger partial charge in [-0.1, -0.05) is 11.6 Å². The third kappa shape index (κ3) is 8.54. The number of allylic oxidation sites excluding steroid dienone is 1. The second-order valence-electron chi connectivity index (χ2n) is 1.96. The molecule has 0 spiro atoms. The fraction of sp³-hybridized carbons (Fsp3) is 0.667. The predicted molar refractivity (Wildman–Crippen MR) is 45.5 cm³/mol. The average molecular weight is 181 g/mol. The van der Waals surface area contributed by atoms with Crippen molar-refractivity contribution in [2.24, 2.45) is 0 Å². The third-order valence-corrected chi connectivity index (χ3v) is 2.62. The summed E-state index contributed by atoms with van der Waals surface area (Å²) >= 11 is 11.0. The second-order valence-corrected chi connectivity index (χ2v) is 5.28. The van der Waals surface area contributed by atoms with Gasteiger partial charge in [-0.05, 0) is 13.3 Å². The first kappa shape index (κ1) is 9.54. The van der Waals surface area contributed by atoms with E-state index >= 15 is 0 Å². The van der Waals surface area contributed by atoms with Gasteiger partial charge in [0.25, 0.3) is 0 Å². The molecule has 0 nitrogen and oxygen atoms in total. The maximum absolute atomic E-state index is 5.51. The van der Waals surface area contributed by atoms with Crippen molar-refractivity contribution in [1.82, 2.24) is 0 Å². The summed E-state index contributed by atoms with van der Waals surface area (Å²) in [6.07, 6.45) is 1.05. The molecule has 0 atom stereocenters. The van der Waals surface area contributed by atoms with Crippen LogP contribution in [-0.2, 0) is 0 Å². The minimum Gasteiger partial charge on any atom is -0.110 e. The molecule has 0 aliphatic rings. The Kier molecular flexibility index (Phi) is 5.65. The van der Waals surface area contributed by atoms with Crippen LogP contribution in [0.1, 0.15) is 13.3 Å². The van der Waals surface area contributed by atoms with E-state index in [1.165, 1.54) is 5.57 Å². The fourth-order valence-electron chi connectivity index (χ4n) is 0.395. The van der Waals surface area contributed by atoms with E-state index in [0.717, 1.165) is 12.5 Å². The van der Waals surface area contributed by atoms with E-state index in [-0.39, 0.29) is 4.46 Å². The first-order chi connectivity index (χ1) is 4.13. The molecular formula is C6H10Cl2Si. The highest BCUT2D eigenvalue weighted by molar-refractivity contribution is 6.68. The molecule has 0 fully saturated rings. The van der Waals surface area contributed by atoms with Crippen LogP contribution in [0.15, 0.2) is 12.2 Å². The molecule has 0 N–H and O–H groups in total. The monoisotopic (exact) mass is 180 g/mol. The number of halogens is 2. The van der Waals surface area contributed by atoms with E-state index in [2.05, 4.69) is 6.58 Å². The maximum Gasteiger partial charge on any atom is 0.0929 e. The zero-order valence-corrected chi connectivity index (χ0v) is 7.97. The Labute approximate surface area is 69.1 Å². The lowest BCUT2D eigenvalue weighted by Gasteiger charge is -1.97. The van der Waals surface area contributed by atoms with Gasteiger partial charge in [-0.3, -0.25) is 0 Å². The molecule has 0 rings (SSSR count). The van der Waals surface area contributed by atoms with Crippen LogP contribution >= 0.6 is 23.2 Å². The Morgan fingerprint density at radius 2 is 2.22 bits per heavy atom. The van der Waals surface area contributed by atoms with E-state index in [1.807, 2.05) is 6.92 Å². The van der Waals surface area contributed by atoms with Crippen LogP contribution in [0.2, 0.25) is 6.04 Å². The number of hydrogen-bond donors (Lipinski definition) is 0. The molecule has 0 bridgehead atoms. The van der Waals surface area contributed by atoms with Crippen molar-refractivity contribution in [1.29, 1.82) is 0 Å². The summed E-state index contributed by atoms with van der Waals surface area (Å²) in [5, 5.41) is 0. The molecule has 9 heavy (non-hydrogen) atoms. The molecule has 0 amide bonds. The minimum absolute atomic E-state index is 0.177. The topological polar surface area (TPSA) is 0 Å². The largest absolute Gasteiger partial charge is 0.110 e. The molecule has 0 aliphatic heterocycles. The maximum atomic E-state index is 5.51. The van der Waals surface area contributed by atoms with Gasteiger partial charge in [-0.25, -0.2) is 0 Å². The lowest BCUT2D eigenvalue weighted by molar-refractivity contribution is 1.09. The highest BCUT2D eigenvalue weighted by Gasteiger charge is 1.98. The molecule has 3 heteroatoms. The van der Waals surface area contributed by atoms with Crippen molar-refractivity contribution < 1.29 is 0 Å². The van der Waals surface area contributed by atoms with Crippen LogP contribution in [0, 0.1) is 0 Å². The standard InChI is InChI=1S/C6H10Cl2Si/c1-5(2)3-4-9-6(7)8/h6H,1,3-4H2,2H3. The fourth-order valence-corrected chi connectivity index (χ4v) is 1.84. The van der Waals surface area contributed by atoms with Gasteiger partial charge in [0.15, 0.2) is 0 Å². The number of rotatable bonds is 4. The third-order valence-electron chi connectivity index (χ3n) is 0.850. The van der Waals surface area contributed by atoms with Gasteiger partial charge in [0, 0.05) is 0 Å². The molecule has 0 saturated carbocycles. The van der Waals surface area contributed by atoms with Crippen molar-refractivity contribution in [2.45, 2.75) is 23.8 Å². The highest BCUT2D eigenvalue weighted by Crippen LogP contribution is 2.06. The summed E-state index contributed by atoms with van der Waals surface area (Å²) in [4.78, 5) is 0. The van der Waals surface area contributed by atoms with E-state index in [9.17, 15) is 0 Å². The molecule has 0 unspecified atom stereocenters. The summed E-state index contributed by atoms with van der Waals surface area (Å²) in [5.74, 6) is 0. The van der Waals surface area contributed by atoms with Crippen molar-refractivity contribution in [3.63, 3.8) is 0 Å². The van der Waals surface area contributed by atoms with Crippen LogP contribution in [0.25, 0.3) is 0 Å². The van der Waals surface area contributed by atoms with Crippen LogP contribution in [0.5, 0.6) is 0 Å². The van der Waals surface area contributed by atoms with Gasteiger partial charge in [0.2, 0.25) is 0 Å². The van der Waals surface area contributed by atoms with E-state index in [1.54, 1.807) is 0 Å². The predicted octanol–water partition coefficient (Wildman–Crippen LogP) is 2.84. The Hall–Kier alpha value is 0.537. The molecule has 0 aliphatic carbocycles. The van der Waals surface area contributed by atoms with Crippen LogP contribution in [-0.4, -0.2) is 14.0 Å². The quantitative estimate of drug-likeness (QED) is 0.355. The molecule has 0 heterocycles. The van der Waals surface area contributed by atoms with Crippen molar-refractivity contribution in [3.05, 3.63) is 12.2 Å². The minimum atomic E-state index is -0.177. The highest BCUT2D eigenvalue weighted by atomic mass is 35.5. The molecule has 0 saturated heterocycles. The Morgan fingerprint density at radius 1 is 1.67 bits per heavy atom. The summed E-state index contributed by atoms with van der Waals surface area (Å²) < 4.78 is -0.177. The van der Waals surface area contributed by atoms with Crippen LogP contribution in [0.4, 0.5) is 0 Å². The summed E-state index contributed by atoms with van der Waals surface area (Å²) in [6.45, 7) is 5.79. The summed E-state index contributed by atoms with van der Waals surface area (Å²) in [6, 6.07) is 1.08. The molecule has 0 aromatic rings. The molecule has 52 valence electrons. The van der Waals surface area contributed by atoms with Gasteiger partial charge in [-0.2, -0.15) is 0 Å². The van der Waals surface area contributed by atoms with Crippen LogP contribution < -0.4 is 0 Å². The molecular weight excluding hydrogens is 171 g/mol. The SMILES string of the molecule is C=C(C)CC[Si]C(Cl)Cl. The zero-order chi connectivity index (χ0) is 7.28. The Morgan fingerprint density at radius 3 is 2.56 bits per heavy atom. The van der Waals surface area contributed by atoms with Gasteiger partial charge >= 0.3 is 0 Å². The van der Waals surface area contributed by atoms with E-state index in [4.69, 9.17) is 23.2 Å². The molecule has 0 aromatic carbocycles. The van der Waals surface area contributed by atoms with Crippen molar-refractivity contribution in [3.8, 4) is 0 Å². The lowest BCUT2D eigenvalue weighted by Crippen LogP contribution is -1.99. The second kappa shape index (κ2) is 5.33. The Bertz CT molecular complexity index is 91.1. The van der Waals surface area contributed by atoms with E-state index in [0.29, 0.717) is 9.52 Å². The number of hydrogen-bond acceptors (Lipinski definition) is 0. The molecule has 0 aromatic heterocycles. The van der Waals surface area contributed by atoms with Crippen molar-refractivity contribution >= 4 is 32.7 Å². The first-order valence-electron chi connectivity index (χ1n) is 2.79. The van der Waals surface area contributed by atoms with Gasteiger partial charge in [0.05, 0.1) is 14.0 Å². The average Bonchev–Trinajstić information content (AvgIpc) is 1.63. The Balaban J connectivity index is 3.01. The van der Waals surface area contributed by atoms with Gasteiger partial charge in [0.1, 0.15) is 0 Å². The summed E-state index contributed by atoms with van der Waals surface area (Å²) in [7, 11) is 0.651. The smallest absolute Gasteiger partial charge is 0.0929 e. The lowest BCUT2D eigenvalue weighted by atomic mass is 10.3.